The van der Waals surface area contributed by atoms with Gasteiger partial charge in [0.05, 0.1) is 6.61 Å². The average Bonchev–Trinajstić information content (AvgIpc) is 2.81. The van der Waals surface area contributed by atoms with Crippen LogP contribution in [0.5, 0.6) is 0 Å². The Bertz CT molecular complexity index is 914. The Labute approximate surface area is 188 Å². The number of alkyl carbamates (subject to hydrolysis) is 1. The van der Waals surface area contributed by atoms with Gasteiger partial charge in [-0.05, 0) is 37.5 Å². The summed E-state index contributed by atoms with van der Waals surface area (Å²) in [5.74, 6) is -0.685. The Morgan fingerprint density at radius 1 is 0.906 bits per heavy atom. The molecule has 0 aliphatic rings. The fourth-order valence-electron chi connectivity index (χ4n) is 2.94. The van der Waals surface area contributed by atoms with Crippen LogP contribution in [0, 0.1) is 0 Å². The first-order chi connectivity index (χ1) is 15.5. The molecule has 0 aromatic heterocycles. The minimum atomic E-state index is -0.739. The zero-order chi connectivity index (χ0) is 23.2. The van der Waals surface area contributed by atoms with Crippen molar-refractivity contribution in [1.29, 1.82) is 0 Å². The molecule has 4 N–H and O–H groups in total. The number of hydrogen-bond acceptors (Lipinski definition) is 6. The second-order valence-corrected chi connectivity index (χ2v) is 6.87. The molecular weight excluding hydrogens is 410 g/mol. The molecule has 2 aromatic carbocycles. The van der Waals surface area contributed by atoms with Gasteiger partial charge in [-0.15, -0.1) is 0 Å². The van der Waals surface area contributed by atoms with Gasteiger partial charge in [-0.3, -0.25) is 10.1 Å². The third-order valence-corrected chi connectivity index (χ3v) is 4.50. The summed E-state index contributed by atoms with van der Waals surface area (Å²) in [7, 11) is 1.66. The molecule has 8 nitrogen and oxygen atoms in total. The quantitative estimate of drug-likeness (QED) is 0.281. The summed E-state index contributed by atoms with van der Waals surface area (Å²) in [6.07, 6.45) is 0.300. The number of ether oxygens (including phenoxy) is 2. The average molecular weight is 441 g/mol. The molecule has 2 amide bonds. The number of para-hydroxylation sites is 1. The summed E-state index contributed by atoms with van der Waals surface area (Å²) in [5, 5.41) is 6.99. The van der Waals surface area contributed by atoms with Gasteiger partial charge in [0.15, 0.2) is 5.70 Å². The number of allylic oxidation sites excluding steroid dienone is 1. The highest BCUT2D eigenvalue weighted by molar-refractivity contribution is 5.91. The maximum atomic E-state index is 13.0. The number of rotatable bonds is 11. The smallest absolute Gasteiger partial charge is 0.412 e. The van der Waals surface area contributed by atoms with Crippen molar-refractivity contribution in [2.75, 3.05) is 13.7 Å². The molecule has 2 aromatic rings. The molecule has 170 valence electrons. The van der Waals surface area contributed by atoms with E-state index >= 15 is 0 Å². The van der Waals surface area contributed by atoms with Crippen molar-refractivity contribution in [3.05, 3.63) is 77.6 Å². The maximum Gasteiger partial charge on any atom is 0.412 e. The van der Waals surface area contributed by atoms with E-state index in [0.717, 1.165) is 5.56 Å². The lowest BCUT2D eigenvalue weighted by Crippen LogP contribution is -2.83. The number of carbonyl (C=O) groups excluding carboxylic acids is 3. The maximum absolute atomic E-state index is 13.0. The predicted molar refractivity (Wildman–Crippen MR) is 119 cm³/mol. The highest BCUT2D eigenvalue weighted by Crippen LogP contribution is 2.10. The highest BCUT2D eigenvalue weighted by Gasteiger charge is 2.23. The van der Waals surface area contributed by atoms with Gasteiger partial charge in [0.2, 0.25) is 0 Å². The molecule has 0 saturated heterocycles. The summed E-state index contributed by atoms with van der Waals surface area (Å²) in [6.45, 7) is 2.14. The van der Waals surface area contributed by atoms with Crippen LogP contribution in [-0.2, 0) is 25.7 Å². The van der Waals surface area contributed by atoms with Gasteiger partial charge in [0, 0.05) is 19.2 Å². The first kappa shape index (κ1) is 24.6. The number of amides is 2. The zero-order valence-corrected chi connectivity index (χ0v) is 18.4. The van der Waals surface area contributed by atoms with Gasteiger partial charge in [0.25, 0.3) is 0 Å². The van der Waals surface area contributed by atoms with Crippen LogP contribution in [0.3, 0.4) is 0 Å². The minimum Gasteiger partial charge on any atom is -0.466 e. The van der Waals surface area contributed by atoms with E-state index in [4.69, 9.17) is 9.47 Å². The van der Waals surface area contributed by atoms with Crippen LogP contribution < -0.4 is 16.0 Å². The third-order valence-electron chi connectivity index (χ3n) is 4.50. The van der Waals surface area contributed by atoms with Crippen LogP contribution in [0.15, 0.2) is 72.1 Å². The normalized spacial score (nSPS) is 11.2. The van der Waals surface area contributed by atoms with Gasteiger partial charge in [0.1, 0.15) is 12.3 Å². The van der Waals surface area contributed by atoms with E-state index in [-0.39, 0.29) is 30.6 Å². The summed E-state index contributed by atoms with van der Waals surface area (Å²) in [6, 6.07) is 18.3. The van der Waals surface area contributed by atoms with E-state index in [2.05, 4.69) is 10.6 Å². The van der Waals surface area contributed by atoms with Crippen molar-refractivity contribution < 1.29 is 29.2 Å². The van der Waals surface area contributed by atoms with Crippen LogP contribution in [0.2, 0.25) is 0 Å². The topological polar surface area (TPSA) is 110 Å². The molecule has 0 heterocycles. The number of benzene rings is 2. The lowest BCUT2D eigenvalue weighted by Gasteiger charge is -2.14. The highest BCUT2D eigenvalue weighted by atomic mass is 16.5. The molecule has 8 heteroatoms. The fraction of sp³-hybridized carbons (Fsp3) is 0.292. The van der Waals surface area contributed by atoms with Gasteiger partial charge in [-0.2, -0.15) is 0 Å². The van der Waals surface area contributed by atoms with E-state index in [0.29, 0.717) is 30.8 Å². The zero-order valence-electron chi connectivity index (χ0n) is 18.4. The van der Waals surface area contributed by atoms with Crippen molar-refractivity contribution in [2.24, 2.45) is 0 Å². The molecule has 32 heavy (non-hydrogen) atoms. The number of nitrogens with one attached hydrogen (secondary N) is 2. The van der Waals surface area contributed by atoms with Crippen LogP contribution in [0.1, 0.15) is 31.7 Å². The SMILES string of the molecule is CCOC(=O)CCC/C(NC)=C(\NC(=O)OCc1ccccc1)C(=O)[NH2+]c1ccccc1. The summed E-state index contributed by atoms with van der Waals surface area (Å²) < 4.78 is 10.2. The Morgan fingerprint density at radius 3 is 2.19 bits per heavy atom. The number of carbonyl (C=O) groups is 3. The van der Waals surface area contributed by atoms with E-state index in [9.17, 15) is 14.4 Å². The van der Waals surface area contributed by atoms with Crippen LogP contribution in [0.25, 0.3) is 0 Å². The summed E-state index contributed by atoms with van der Waals surface area (Å²) in [4.78, 5) is 37.1. The number of esters is 1. The number of nitrogens with two attached hydrogens (primary N) is 1. The number of primary amides is 1. The van der Waals surface area contributed by atoms with Crippen LogP contribution in [-0.4, -0.2) is 31.6 Å². The largest absolute Gasteiger partial charge is 0.466 e. The lowest BCUT2D eigenvalue weighted by molar-refractivity contribution is -0.479. The second-order valence-electron chi connectivity index (χ2n) is 6.87. The van der Waals surface area contributed by atoms with Crippen molar-refractivity contribution in [3.8, 4) is 0 Å². The summed E-state index contributed by atoms with van der Waals surface area (Å²) in [5.41, 5.74) is 2.12. The molecule has 0 spiro atoms. The van der Waals surface area contributed by atoms with Gasteiger partial charge < -0.3 is 14.8 Å². The first-order valence-electron chi connectivity index (χ1n) is 10.5. The predicted octanol–water partition coefficient (Wildman–Crippen LogP) is 2.50. The van der Waals surface area contributed by atoms with Gasteiger partial charge in [-0.25, -0.2) is 14.9 Å². The van der Waals surface area contributed by atoms with Crippen molar-refractivity contribution in [2.45, 2.75) is 32.8 Å². The summed E-state index contributed by atoms with van der Waals surface area (Å²) >= 11 is 0. The monoisotopic (exact) mass is 440 g/mol. The van der Waals surface area contributed by atoms with E-state index in [1.54, 1.807) is 26.1 Å². The molecule has 0 unspecified atom stereocenters. The molecule has 0 atom stereocenters. The fourth-order valence-corrected chi connectivity index (χ4v) is 2.94. The molecule has 0 saturated carbocycles. The third kappa shape index (κ3) is 8.61. The standard InChI is InChI=1S/C24H29N3O5/c1-3-31-21(28)16-10-15-20(25-2)22(23(29)26-19-13-8-5-9-14-19)27-24(30)32-17-18-11-6-4-7-12-18/h4-9,11-14,25H,3,10,15-17H2,1-2H3,(H,26,29)(H,27,30)/p+1/b22-20+. The molecular formula is C24H30N3O5+. The Hall–Kier alpha value is -3.65. The molecule has 0 bridgehead atoms. The van der Waals surface area contributed by atoms with E-state index < -0.39 is 6.09 Å². The van der Waals surface area contributed by atoms with Crippen molar-refractivity contribution in [3.63, 3.8) is 0 Å². The second kappa shape index (κ2) is 13.6. The lowest BCUT2D eigenvalue weighted by atomic mass is 10.1. The molecule has 2 rings (SSSR count). The molecule has 0 aliphatic carbocycles. The van der Waals surface area contributed by atoms with E-state index in [1.165, 1.54) is 5.32 Å². The Kier molecular flexibility index (Phi) is 10.5. The Morgan fingerprint density at radius 2 is 1.56 bits per heavy atom. The van der Waals surface area contributed by atoms with Crippen molar-refractivity contribution >= 4 is 23.7 Å². The van der Waals surface area contributed by atoms with Gasteiger partial charge in [-0.1, -0.05) is 48.5 Å². The van der Waals surface area contributed by atoms with Crippen LogP contribution >= 0.6 is 0 Å². The van der Waals surface area contributed by atoms with Crippen molar-refractivity contribution in [1.82, 2.24) is 10.6 Å². The number of quaternary nitrogens is 1. The minimum absolute atomic E-state index is 0.0777. The van der Waals surface area contributed by atoms with Gasteiger partial charge >= 0.3 is 18.0 Å². The molecule has 0 fully saturated rings. The first-order valence-corrected chi connectivity index (χ1v) is 10.5. The Balaban J connectivity index is 2.12. The van der Waals surface area contributed by atoms with E-state index in [1.807, 2.05) is 48.5 Å². The number of hydrogen-bond donors (Lipinski definition) is 3. The molecule has 0 radical (unpaired) electrons. The van der Waals surface area contributed by atoms with Crippen LogP contribution in [0.4, 0.5) is 10.5 Å². The molecule has 0 aliphatic heterocycles.